The first-order valence-corrected chi connectivity index (χ1v) is 10.4. The zero-order chi connectivity index (χ0) is 20.5. The largest absolute Gasteiger partial charge is 0.394 e. The van der Waals surface area contributed by atoms with Crippen LogP contribution in [0.2, 0.25) is 0 Å². The number of aromatic nitrogens is 1. The number of benzene rings is 2. The highest BCUT2D eigenvalue weighted by atomic mass is 16.3. The van der Waals surface area contributed by atoms with Gasteiger partial charge in [0.15, 0.2) is 0 Å². The van der Waals surface area contributed by atoms with E-state index in [0.29, 0.717) is 11.5 Å². The lowest BCUT2D eigenvalue weighted by atomic mass is 9.82. The third kappa shape index (κ3) is 3.35. The van der Waals surface area contributed by atoms with Gasteiger partial charge in [0, 0.05) is 36.6 Å². The molecule has 0 saturated carbocycles. The van der Waals surface area contributed by atoms with Crippen molar-refractivity contribution in [1.29, 1.82) is 5.26 Å². The monoisotopic (exact) mass is 396 g/mol. The molecule has 3 atom stereocenters. The maximum atomic E-state index is 10.0. The van der Waals surface area contributed by atoms with Crippen molar-refractivity contribution in [2.45, 2.75) is 25.0 Å². The molecule has 30 heavy (non-hydrogen) atoms. The van der Waals surface area contributed by atoms with E-state index in [1.807, 2.05) is 30.6 Å². The zero-order valence-electron chi connectivity index (χ0n) is 16.7. The summed E-state index contributed by atoms with van der Waals surface area (Å²) >= 11 is 0. The summed E-state index contributed by atoms with van der Waals surface area (Å²) in [6, 6.07) is 20.9. The van der Waals surface area contributed by atoms with Gasteiger partial charge in [-0.2, -0.15) is 5.26 Å². The minimum Gasteiger partial charge on any atom is -0.394 e. The van der Waals surface area contributed by atoms with E-state index in [0.717, 1.165) is 36.3 Å². The van der Waals surface area contributed by atoms with Gasteiger partial charge in [-0.25, -0.2) is 0 Å². The molecule has 2 N–H and O–H groups in total. The number of rotatable bonds is 4. The van der Waals surface area contributed by atoms with E-state index in [2.05, 4.69) is 57.7 Å². The molecule has 3 aromatic rings. The summed E-state index contributed by atoms with van der Waals surface area (Å²) in [7, 11) is 0. The van der Waals surface area contributed by atoms with Gasteiger partial charge in [0.1, 0.15) is 0 Å². The number of nitrogens with zero attached hydrogens (tertiary/aromatic N) is 3. The van der Waals surface area contributed by atoms with Crippen molar-refractivity contribution in [2.75, 3.05) is 18.5 Å². The fourth-order valence-corrected chi connectivity index (χ4v) is 5.01. The SMILES string of the molecule is N#Cc1cccc(-c2ccc3c(c2)[C@H]2[C@H](CCN2Cc2ccncc2)[C@H](CO)N3)c1. The smallest absolute Gasteiger partial charge is 0.0991 e. The van der Waals surface area contributed by atoms with Crippen LogP contribution >= 0.6 is 0 Å². The lowest BCUT2D eigenvalue weighted by Gasteiger charge is -2.39. The van der Waals surface area contributed by atoms with Gasteiger partial charge in [-0.15, -0.1) is 0 Å². The van der Waals surface area contributed by atoms with E-state index < -0.39 is 0 Å². The fraction of sp³-hybridized carbons (Fsp3) is 0.280. The molecule has 0 bridgehead atoms. The van der Waals surface area contributed by atoms with Gasteiger partial charge in [0.25, 0.3) is 0 Å². The average molecular weight is 396 g/mol. The van der Waals surface area contributed by atoms with Gasteiger partial charge in [-0.1, -0.05) is 18.2 Å². The Kier molecular flexibility index (Phi) is 4.96. The van der Waals surface area contributed by atoms with Crippen LogP contribution in [0.5, 0.6) is 0 Å². The second-order valence-electron chi connectivity index (χ2n) is 8.15. The normalized spacial score (nSPS) is 22.6. The Morgan fingerprint density at radius 3 is 2.73 bits per heavy atom. The minimum atomic E-state index is 0.0673. The second kappa shape index (κ2) is 7.91. The Morgan fingerprint density at radius 2 is 1.93 bits per heavy atom. The summed E-state index contributed by atoms with van der Waals surface area (Å²) in [5.74, 6) is 0.366. The van der Waals surface area contributed by atoms with Gasteiger partial charge in [-0.3, -0.25) is 9.88 Å². The molecule has 1 fully saturated rings. The van der Waals surface area contributed by atoms with Crippen molar-refractivity contribution >= 4 is 5.69 Å². The number of nitriles is 1. The molecule has 2 aliphatic heterocycles. The van der Waals surface area contributed by atoms with Crippen molar-refractivity contribution in [1.82, 2.24) is 9.88 Å². The molecule has 1 saturated heterocycles. The van der Waals surface area contributed by atoms with Crippen LogP contribution in [0.3, 0.4) is 0 Å². The van der Waals surface area contributed by atoms with Crippen LogP contribution in [0.4, 0.5) is 5.69 Å². The van der Waals surface area contributed by atoms with Gasteiger partial charge in [0.05, 0.1) is 24.3 Å². The van der Waals surface area contributed by atoms with Crippen LogP contribution in [-0.4, -0.2) is 34.2 Å². The molecule has 0 amide bonds. The number of hydrogen-bond acceptors (Lipinski definition) is 5. The lowest BCUT2D eigenvalue weighted by molar-refractivity contribution is 0.172. The van der Waals surface area contributed by atoms with E-state index in [9.17, 15) is 10.4 Å². The molecule has 0 aliphatic carbocycles. The van der Waals surface area contributed by atoms with E-state index in [1.165, 1.54) is 11.1 Å². The van der Waals surface area contributed by atoms with Gasteiger partial charge in [0.2, 0.25) is 0 Å². The van der Waals surface area contributed by atoms with Crippen molar-refractivity contribution in [3.8, 4) is 17.2 Å². The molecule has 0 radical (unpaired) electrons. The number of likely N-dealkylation sites (tertiary alicyclic amines) is 1. The summed E-state index contributed by atoms with van der Waals surface area (Å²) in [5.41, 5.74) is 6.46. The third-order valence-corrected chi connectivity index (χ3v) is 6.43. The highest BCUT2D eigenvalue weighted by molar-refractivity contribution is 5.71. The quantitative estimate of drug-likeness (QED) is 0.698. The fourth-order valence-electron chi connectivity index (χ4n) is 5.01. The molecule has 5 heteroatoms. The van der Waals surface area contributed by atoms with Crippen LogP contribution in [-0.2, 0) is 6.54 Å². The predicted octanol–water partition coefficient (Wildman–Crippen LogP) is 3.97. The van der Waals surface area contributed by atoms with E-state index in [1.54, 1.807) is 0 Å². The van der Waals surface area contributed by atoms with Crippen molar-refractivity contribution in [2.24, 2.45) is 5.92 Å². The molecule has 0 unspecified atom stereocenters. The van der Waals surface area contributed by atoms with Crippen molar-refractivity contribution < 1.29 is 5.11 Å². The highest BCUT2D eigenvalue weighted by Gasteiger charge is 2.43. The van der Waals surface area contributed by atoms with Gasteiger partial charge < -0.3 is 10.4 Å². The summed E-state index contributed by atoms with van der Waals surface area (Å²) in [6.45, 7) is 2.01. The van der Waals surface area contributed by atoms with Gasteiger partial charge in [-0.05, 0) is 71.6 Å². The molecular formula is C25H24N4O. The third-order valence-electron chi connectivity index (χ3n) is 6.43. The number of aliphatic hydroxyl groups is 1. The first-order chi connectivity index (χ1) is 14.8. The number of pyridine rings is 1. The molecule has 3 heterocycles. The standard InChI is InChI=1S/C25H24N4O/c26-14-18-2-1-3-19(12-18)20-4-5-23-22(13-20)25-21(24(16-30)28-23)8-11-29(25)15-17-6-9-27-10-7-17/h1-7,9-10,12-13,21,24-25,28,30H,8,11,15-16H2/t21-,24+,25-/m1/s1. The topological polar surface area (TPSA) is 72.2 Å². The van der Waals surface area contributed by atoms with Crippen LogP contribution in [0, 0.1) is 17.2 Å². The van der Waals surface area contributed by atoms with E-state index >= 15 is 0 Å². The summed E-state index contributed by atoms with van der Waals surface area (Å²) in [4.78, 5) is 6.66. The highest BCUT2D eigenvalue weighted by Crippen LogP contribution is 2.47. The first kappa shape index (κ1) is 18.8. The molecule has 0 spiro atoms. The first-order valence-electron chi connectivity index (χ1n) is 10.4. The van der Waals surface area contributed by atoms with Gasteiger partial charge >= 0.3 is 0 Å². The molecular weight excluding hydrogens is 372 g/mol. The number of hydrogen-bond donors (Lipinski definition) is 2. The number of anilines is 1. The molecule has 2 aliphatic rings. The molecule has 150 valence electrons. The molecule has 5 nitrogen and oxygen atoms in total. The Hall–Kier alpha value is -3.20. The summed E-state index contributed by atoms with van der Waals surface area (Å²) in [5, 5.41) is 22.8. The van der Waals surface area contributed by atoms with Crippen LogP contribution in [0.25, 0.3) is 11.1 Å². The summed E-state index contributed by atoms with van der Waals surface area (Å²) < 4.78 is 0. The minimum absolute atomic E-state index is 0.0673. The molecule has 2 aromatic carbocycles. The predicted molar refractivity (Wildman–Crippen MR) is 117 cm³/mol. The Labute approximate surface area is 176 Å². The van der Waals surface area contributed by atoms with Crippen LogP contribution in [0.1, 0.15) is 29.2 Å². The summed E-state index contributed by atoms with van der Waals surface area (Å²) in [6.07, 6.45) is 4.74. The molecule has 5 rings (SSSR count). The average Bonchev–Trinajstić information content (AvgIpc) is 3.23. The van der Waals surface area contributed by atoms with Crippen molar-refractivity contribution in [3.63, 3.8) is 0 Å². The number of nitrogens with one attached hydrogen (secondary N) is 1. The Balaban J connectivity index is 1.54. The Morgan fingerprint density at radius 1 is 1.10 bits per heavy atom. The van der Waals surface area contributed by atoms with Crippen molar-refractivity contribution in [3.05, 3.63) is 83.7 Å². The zero-order valence-corrected chi connectivity index (χ0v) is 16.7. The Bertz CT molecular complexity index is 1090. The maximum absolute atomic E-state index is 10.0. The second-order valence-corrected chi connectivity index (χ2v) is 8.15. The van der Waals surface area contributed by atoms with E-state index in [4.69, 9.17) is 0 Å². The number of fused-ring (bicyclic) bond motifs is 3. The molecule has 1 aromatic heterocycles. The number of aliphatic hydroxyl groups excluding tert-OH is 1. The maximum Gasteiger partial charge on any atom is 0.0991 e. The van der Waals surface area contributed by atoms with E-state index in [-0.39, 0.29) is 18.7 Å². The lowest BCUT2D eigenvalue weighted by Crippen LogP contribution is -2.41. The van der Waals surface area contributed by atoms with Crippen LogP contribution < -0.4 is 5.32 Å². The van der Waals surface area contributed by atoms with Crippen LogP contribution in [0.15, 0.2) is 67.0 Å².